The quantitative estimate of drug-likeness (QED) is 0.249. The smallest absolute Gasteiger partial charge is 0.319 e. The number of amides is 2. The first-order valence-corrected chi connectivity index (χ1v) is 17.4. The van der Waals surface area contributed by atoms with Gasteiger partial charge in [-0.3, -0.25) is 24.4 Å². The van der Waals surface area contributed by atoms with Gasteiger partial charge in [-0.2, -0.15) is 9.97 Å². The summed E-state index contributed by atoms with van der Waals surface area (Å²) in [6, 6.07) is 5.65. The molecule has 0 radical (unpaired) electrons. The lowest BCUT2D eigenvalue weighted by molar-refractivity contribution is -0.148. The Balaban J connectivity index is 1.28. The number of imide groups is 1. The molecule has 4 aromatic rings. The van der Waals surface area contributed by atoms with Crippen molar-refractivity contribution in [1.82, 2.24) is 24.8 Å². The van der Waals surface area contributed by atoms with E-state index < -0.39 is 35.2 Å². The first kappa shape index (κ1) is 34.9. The number of methoxy groups -OCH3 is 1. The summed E-state index contributed by atoms with van der Waals surface area (Å²) in [5, 5.41) is 11.9. The van der Waals surface area contributed by atoms with Gasteiger partial charge in [0.2, 0.25) is 5.91 Å². The van der Waals surface area contributed by atoms with E-state index in [2.05, 4.69) is 14.9 Å². The van der Waals surface area contributed by atoms with Crippen LogP contribution in [0.4, 0.5) is 19.0 Å². The first-order chi connectivity index (χ1) is 24.5. The molecule has 51 heavy (non-hydrogen) atoms. The third-order valence-electron chi connectivity index (χ3n) is 10.8. The zero-order valence-electron chi connectivity index (χ0n) is 28.9. The van der Waals surface area contributed by atoms with Gasteiger partial charge in [0.05, 0.1) is 10.9 Å². The second-order valence-corrected chi connectivity index (χ2v) is 13.8. The number of carbonyl (C=O) groups is 2. The largest absolute Gasteiger partial charge is 0.508 e. The lowest BCUT2D eigenvalue weighted by Gasteiger charge is -2.34. The van der Waals surface area contributed by atoms with E-state index in [1.54, 1.807) is 6.92 Å². The van der Waals surface area contributed by atoms with Gasteiger partial charge in [-0.15, -0.1) is 0 Å². The van der Waals surface area contributed by atoms with Crippen LogP contribution < -0.4 is 9.64 Å². The molecule has 3 aliphatic rings. The minimum absolute atomic E-state index is 0.0791. The number of ether oxygens (including phenoxy) is 2. The number of fused-ring (bicyclic) bond motifs is 3. The van der Waals surface area contributed by atoms with E-state index >= 15 is 8.78 Å². The number of piperidine rings is 1. The lowest BCUT2D eigenvalue weighted by Crippen LogP contribution is -2.44. The number of rotatable bonds is 9. The number of aromatic nitrogens is 3. The van der Waals surface area contributed by atoms with Crippen molar-refractivity contribution in [3.8, 4) is 23.0 Å². The molecule has 3 aliphatic heterocycles. The summed E-state index contributed by atoms with van der Waals surface area (Å²) in [6.07, 6.45) is 3.67. The number of nitrogens with zero attached hydrogens (tertiary/aromatic N) is 6. The molecule has 270 valence electrons. The molecule has 0 aliphatic carbocycles. The van der Waals surface area contributed by atoms with E-state index in [1.165, 1.54) is 44.6 Å². The van der Waals surface area contributed by atoms with Crippen LogP contribution in [0, 0.1) is 17.6 Å². The Labute approximate surface area is 293 Å². The SMILES string of the molecule is CCc1c(F)ccc2cc(O)cc(-c3ncc4c(N5CCC(C(=O)N(C)C(=O)COC)CC5)nc(OC[C@@]56CCCN5C[C@H](F)C6)nc4c3F)c12. The molecule has 2 aromatic carbocycles. The number of likely N-dealkylation sites (N-methyl/N-ethyl adjacent to an activating group) is 1. The molecule has 14 heteroatoms. The van der Waals surface area contributed by atoms with Crippen LogP contribution in [0.25, 0.3) is 32.9 Å². The number of aryl methyl sites for hydroxylation is 1. The van der Waals surface area contributed by atoms with Gasteiger partial charge in [0, 0.05) is 57.9 Å². The van der Waals surface area contributed by atoms with Gasteiger partial charge in [-0.1, -0.05) is 13.0 Å². The number of anilines is 1. The fourth-order valence-electron chi connectivity index (χ4n) is 8.15. The molecule has 5 heterocycles. The first-order valence-electron chi connectivity index (χ1n) is 17.4. The highest BCUT2D eigenvalue weighted by molar-refractivity contribution is 6.02. The summed E-state index contributed by atoms with van der Waals surface area (Å²) in [5.41, 5.74) is -0.110. The average molecular weight is 707 g/mol. The van der Waals surface area contributed by atoms with E-state index in [0.29, 0.717) is 72.9 Å². The van der Waals surface area contributed by atoms with Crippen molar-refractivity contribution in [3.05, 3.63) is 47.7 Å². The molecular formula is C37H41F3N6O5. The summed E-state index contributed by atoms with van der Waals surface area (Å²) in [7, 11) is 2.83. The number of halogens is 3. The minimum Gasteiger partial charge on any atom is -0.508 e. The highest BCUT2D eigenvalue weighted by Crippen LogP contribution is 2.42. The van der Waals surface area contributed by atoms with Crippen molar-refractivity contribution in [2.24, 2.45) is 5.92 Å². The van der Waals surface area contributed by atoms with E-state index in [9.17, 15) is 19.1 Å². The average Bonchev–Trinajstić information content (AvgIpc) is 3.65. The van der Waals surface area contributed by atoms with Gasteiger partial charge in [0.15, 0.2) is 5.82 Å². The summed E-state index contributed by atoms with van der Waals surface area (Å²) in [4.78, 5) is 44.3. The van der Waals surface area contributed by atoms with Crippen molar-refractivity contribution in [2.45, 2.75) is 57.2 Å². The Bertz CT molecular complexity index is 2010. The van der Waals surface area contributed by atoms with Gasteiger partial charge < -0.3 is 19.5 Å². The summed E-state index contributed by atoms with van der Waals surface area (Å²) < 4.78 is 57.6. The monoisotopic (exact) mass is 706 g/mol. The van der Waals surface area contributed by atoms with Crippen molar-refractivity contribution >= 4 is 39.3 Å². The molecule has 0 saturated carbocycles. The molecule has 0 bridgehead atoms. The Morgan fingerprint density at radius 3 is 2.67 bits per heavy atom. The van der Waals surface area contributed by atoms with Crippen molar-refractivity contribution in [3.63, 3.8) is 0 Å². The third-order valence-corrected chi connectivity index (χ3v) is 10.8. The van der Waals surface area contributed by atoms with Gasteiger partial charge >= 0.3 is 6.01 Å². The van der Waals surface area contributed by atoms with Crippen LogP contribution in [0.3, 0.4) is 0 Å². The molecular weight excluding hydrogens is 665 g/mol. The number of carbonyl (C=O) groups excluding carboxylic acids is 2. The van der Waals surface area contributed by atoms with E-state index in [-0.39, 0.29) is 47.7 Å². The zero-order chi connectivity index (χ0) is 36.0. The summed E-state index contributed by atoms with van der Waals surface area (Å²) >= 11 is 0. The summed E-state index contributed by atoms with van der Waals surface area (Å²) in [6.45, 7) is 3.59. The number of hydrogen-bond donors (Lipinski definition) is 1. The highest BCUT2D eigenvalue weighted by Gasteiger charge is 2.49. The fraction of sp³-hybridized carbons (Fsp3) is 0.486. The third kappa shape index (κ3) is 6.32. The number of benzene rings is 2. The van der Waals surface area contributed by atoms with Gasteiger partial charge in [-0.05, 0) is 73.2 Å². The summed E-state index contributed by atoms with van der Waals surface area (Å²) in [5.74, 6) is -2.15. The van der Waals surface area contributed by atoms with Crippen LogP contribution in [-0.4, -0.2) is 107 Å². The van der Waals surface area contributed by atoms with Crippen LogP contribution in [0.15, 0.2) is 30.5 Å². The lowest BCUT2D eigenvalue weighted by atomic mass is 9.94. The number of phenols is 1. The van der Waals surface area contributed by atoms with Crippen LogP contribution in [-0.2, 0) is 20.7 Å². The predicted molar refractivity (Wildman–Crippen MR) is 184 cm³/mol. The molecule has 2 aromatic heterocycles. The fourth-order valence-corrected chi connectivity index (χ4v) is 8.15. The molecule has 0 unspecified atom stereocenters. The number of aromatic hydroxyl groups is 1. The second kappa shape index (κ2) is 13.9. The maximum atomic E-state index is 16.9. The normalized spacial score (nSPS) is 21.1. The second-order valence-electron chi connectivity index (χ2n) is 13.8. The standard InChI is InChI=1S/C37H41F3N6O5/c1-4-25-28(39)7-6-22-14-24(47)15-26(30(22)25)32-31(40)33-27(17-41-32)34(45-12-8-21(9-13-45)35(49)44(2)29(48)19-50-3)43-36(42-33)51-20-37-10-5-11-46(37)18-23(38)16-37/h6-7,14-15,17,21,23,47H,4-5,8-13,16,18-20H2,1-3H3/t23-,37+/m1/s1. The zero-order valence-corrected chi connectivity index (χ0v) is 28.9. The van der Waals surface area contributed by atoms with E-state index in [4.69, 9.17) is 14.5 Å². The molecule has 2 atom stereocenters. The molecule has 11 nitrogen and oxygen atoms in total. The van der Waals surface area contributed by atoms with Crippen LogP contribution in [0.2, 0.25) is 0 Å². The number of alkyl halides is 1. The van der Waals surface area contributed by atoms with Crippen molar-refractivity contribution < 1.29 is 37.3 Å². The van der Waals surface area contributed by atoms with E-state index in [1.807, 2.05) is 4.90 Å². The van der Waals surface area contributed by atoms with Gasteiger partial charge in [0.25, 0.3) is 5.91 Å². The maximum absolute atomic E-state index is 16.9. The Morgan fingerprint density at radius 2 is 1.92 bits per heavy atom. The van der Waals surface area contributed by atoms with Gasteiger partial charge in [0.1, 0.15) is 48.0 Å². The Hall–Kier alpha value is -4.56. The topological polar surface area (TPSA) is 121 Å². The number of phenolic OH excluding ortho intramolecular Hbond substituents is 1. The molecule has 7 rings (SSSR count). The number of pyridine rings is 1. The van der Waals surface area contributed by atoms with Crippen molar-refractivity contribution in [2.75, 3.05) is 58.5 Å². The van der Waals surface area contributed by atoms with Crippen LogP contribution >= 0.6 is 0 Å². The Morgan fingerprint density at radius 1 is 1.14 bits per heavy atom. The molecule has 3 saturated heterocycles. The highest BCUT2D eigenvalue weighted by atomic mass is 19.1. The van der Waals surface area contributed by atoms with E-state index in [0.717, 1.165) is 24.3 Å². The van der Waals surface area contributed by atoms with Gasteiger partial charge in [-0.25, -0.2) is 13.2 Å². The molecule has 0 spiro atoms. The minimum atomic E-state index is -0.962. The molecule has 1 N–H and O–H groups in total. The Kier molecular flexibility index (Phi) is 9.48. The molecule has 3 fully saturated rings. The maximum Gasteiger partial charge on any atom is 0.319 e. The molecule has 2 amide bonds. The number of hydrogen-bond acceptors (Lipinski definition) is 10. The predicted octanol–water partition coefficient (Wildman–Crippen LogP) is 5.19. The van der Waals surface area contributed by atoms with Crippen LogP contribution in [0.1, 0.15) is 44.6 Å². The van der Waals surface area contributed by atoms with Crippen molar-refractivity contribution in [1.29, 1.82) is 0 Å². The van der Waals surface area contributed by atoms with Crippen LogP contribution in [0.5, 0.6) is 11.8 Å².